The van der Waals surface area contributed by atoms with E-state index in [1.807, 2.05) is 6.08 Å². The van der Waals surface area contributed by atoms with Crippen LogP contribution in [0.2, 0.25) is 0 Å². The number of allylic oxidation sites excluding steroid dienone is 3. The fourth-order valence-corrected chi connectivity index (χ4v) is 7.47. The minimum absolute atomic E-state index is 0.431. The van der Waals surface area contributed by atoms with Crippen molar-refractivity contribution < 1.29 is 0 Å². The van der Waals surface area contributed by atoms with E-state index < -0.39 is 5.41 Å². The lowest BCUT2D eigenvalue weighted by Crippen LogP contribution is -2.26. The van der Waals surface area contributed by atoms with Crippen molar-refractivity contribution in [3.63, 3.8) is 0 Å². The third-order valence-corrected chi connectivity index (χ3v) is 9.02. The molecule has 2 aliphatic carbocycles. The lowest BCUT2D eigenvalue weighted by molar-refractivity contribution is 0.793. The van der Waals surface area contributed by atoms with Crippen molar-refractivity contribution in [2.75, 3.05) is 0 Å². The second-order valence-corrected chi connectivity index (χ2v) is 10.9. The standard InChI is InChI=1S/C39H26N2/c40-22-21-25(24-41)17-18-27-23-36-38(32-14-4-3-10-28(27)32)37-29-11-2-1-9-26(29)19-20-35(37)39(36)33-15-7-5-12-30(33)31-13-6-8-16-34(31)39/h1-17,19-23H,18,40H2/b22-21-,25-17+. The highest BCUT2D eigenvalue weighted by atomic mass is 14.5. The molecule has 0 unspecified atom stereocenters. The molecular weight excluding hydrogens is 496 g/mol. The fraction of sp³-hybridized carbons (Fsp3) is 0.0513. The van der Waals surface area contributed by atoms with E-state index >= 15 is 0 Å². The molecule has 6 aromatic carbocycles. The zero-order chi connectivity index (χ0) is 27.6. The van der Waals surface area contributed by atoms with Gasteiger partial charge in [-0.25, -0.2) is 0 Å². The van der Waals surface area contributed by atoms with Crippen LogP contribution in [-0.4, -0.2) is 0 Å². The van der Waals surface area contributed by atoms with E-state index in [0.29, 0.717) is 12.0 Å². The maximum atomic E-state index is 9.68. The normalized spacial score (nSPS) is 14.3. The zero-order valence-electron chi connectivity index (χ0n) is 22.4. The van der Waals surface area contributed by atoms with E-state index in [2.05, 4.69) is 121 Å². The SMILES string of the molecule is N#CC(/C=C\N)=C/Cc1cc2c(c3ccccc13)-c1c(ccc3ccccc13)C21c2ccccc2-c2ccccc21. The number of nitrogens with zero attached hydrogens (tertiary/aromatic N) is 1. The molecule has 0 bridgehead atoms. The molecule has 8 rings (SSSR count). The first kappa shape index (κ1) is 23.5. The average Bonchev–Trinajstić information content (AvgIpc) is 3.50. The summed E-state index contributed by atoms with van der Waals surface area (Å²) in [7, 11) is 0. The summed E-state index contributed by atoms with van der Waals surface area (Å²) in [5, 5.41) is 14.7. The van der Waals surface area contributed by atoms with Crippen molar-refractivity contribution in [2.24, 2.45) is 5.73 Å². The number of nitrogens with two attached hydrogens (primary N) is 1. The summed E-state index contributed by atoms with van der Waals surface area (Å²) < 4.78 is 0. The molecule has 2 N–H and O–H groups in total. The van der Waals surface area contributed by atoms with Gasteiger partial charge in [0.05, 0.1) is 11.5 Å². The first-order valence-electron chi connectivity index (χ1n) is 14.0. The van der Waals surface area contributed by atoms with Crippen LogP contribution in [0.3, 0.4) is 0 Å². The zero-order valence-corrected chi connectivity index (χ0v) is 22.4. The second kappa shape index (κ2) is 8.81. The highest BCUT2D eigenvalue weighted by Gasteiger charge is 2.52. The summed E-state index contributed by atoms with van der Waals surface area (Å²) in [6.07, 6.45) is 5.72. The van der Waals surface area contributed by atoms with Crippen LogP contribution >= 0.6 is 0 Å². The van der Waals surface area contributed by atoms with Crippen LogP contribution in [0.25, 0.3) is 43.8 Å². The van der Waals surface area contributed by atoms with Crippen LogP contribution in [-0.2, 0) is 11.8 Å². The van der Waals surface area contributed by atoms with Crippen LogP contribution < -0.4 is 5.73 Å². The van der Waals surface area contributed by atoms with Gasteiger partial charge in [-0.1, -0.05) is 121 Å². The fourth-order valence-electron chi connectivity index (χ4n) is 7.47. The van der Waals surface area contributed by atoms with Crippen molar-refractivity contribution in [1.82, 2.24) is 0 Å². The van der Waals surface area contributed by atoms with Crippen LogP contribution in [0.1, 0.15) is 27.8 Å². The molecule has 2 nitrogen and oxygen atoms in total. The molecule has 1 spiro atoms. The Bertz CT molecular complexity index is 2110. The van der Waals surface area contributed by atoms with Crippen molar-refractivity contribution >= 4 is 21.5 Å². The molecule has 0 atom stereocenters. The van der Waals surface area contributed by atoms with E-state index in [4.69, 9.17) is 5.73 Å². The van der Waals surface area contributed by atoms with Gasteiger partial charge in [0.25, 0.3) is 0 Å². The molecule has 0 fully saturated rings. The first-order valence-corrected chi connectivity index (χ1v) is 14.0. The molecule has 2 heteroatoms. The van der Waals surface area contributed by atoms with E-state index in [-0.39, 0.29) is 0 Å². The summed E-state index contributed by atoms with van der Waals surface area (Å²) in [5.41, 5.74) is 17.5. The Labute approximate surface area is 239 Å². The molecule has 41 heavy (non-hydrogen) atoms. The largest absolute Gasteiger partial charge is 0.405 e. The number of rotatable bonds is 3. The molecule has 0 aromatic heterocycles. The van der Waals surface area contributed by atoms with Gasteiger partial charge in [0, 0.05) is 5.57 Å². The second-order valence-electron chi connectivity index (χ2n) is 10.9. The Morgan fingerprint density at radius 2 is 1.27 bits per heavy atom. The molecular formula is C39H26N2. The highest BCUT2D eigenvalue weighted by molar-refractivity contribution is 6.14. The molecule has 2 aliphatic rings. The average molecular weight is 523 g/mol. The number of fused-ring (bicyclic) bond motifs is 14. The minimum atomic E-state index is -0.431. The van der Waals surface area contributed by atoms with E-state index in [9.17, 15) is 5.26 Å². The van der Waals surface area contributed by atoms with Crippen LogP contribution in [0.15, 0.2) is 139 Å². The summed E-state index contributed by atoms with van der Waals surface area (Å²) in [4.78, 5) is 0. The summed E-state index contributed by atoms with van der Waals surface area (Å²) >= 11 is 0. The van der Waals surface area contributed by atoms with Crippen molar-refractivity contribution in [3.8, 4) is 28.3 Å². The minimum Gasteiger partial charge on any atom is -0.405 e. The molecule has 0 radical (unpaired) electrons. The first-order chi connectivity index (χ1) is 20.3. The Morgan fingerprint density at radius 1 is 0.659 bits per heavy atom. The van der Waals surface area contributed by atoms with Gasteiger partial charge in [-0.15, -0.1) is 0 Å². The van der Waals surface area contributed by atoms with Crippen molar-refractivity contribution in [3.05, 3.63) is 167 Å². The smallest absolute Gasteiger partial charge is 0.0988 e. The van der Waals surface area contributed by atoms with Gasteiger partial charge in [0.2, 0.25) is 0 Å². The quantitative estimate of drug-likeness (QED) is 0.186. The number of benzene rings is 6. The van der Waals surface area contributed by atoms with Gasteiger partial charge >= 0.3 is 0 Å². The third-order valence-electron chi connectivity index (χ3n) is 9.02. The number of hydrogen-bond donors (Lipinski definition) is 1. The molecule has 192 valence electrons. The van der Waals surface area contributed by atoms with Gasteiger partial charge in [0.15, 0.2) is 0 Å². The Hall–Kier alpha value is -5.39. The van der Waals surface area contributed by atoms with Crippen LogP contribution in [0.5, 0.6) is 0 Å². The monoisotopic (exact) mass is 522 g/mol. The third kappa shape index (κ3) is 3.06. The maximum Gasteiger partial charge on any atom is 0.0988 e. The molecule has 0 saturated carbocycles. The van der Waals surface area contributed by atoms with Gasteiger partial charge in [-0.05, 0) is 90.3 Å². The van der Waals surface area contributed by atoms with Crippen molar-refractivity contribution in [1.29, 1.82) is 5.26 Å². The van der Waals surface area contributed by atoms with Gasteiger partial charge in [-0.3, -0.25) is 0 Å². The molecule has 0 saturated heterocycles. The lowest BCUT2D eigenvalue weighted by atomic mass is 9.70. The number of hydrogen-bond acceptors (Lipinski definition) is 2. The van der Waals surface area contributed by atoms with Crippen molar-refractivity contribution in [2.45, 2.75) is 11.8 Å². The Balaban J connectivity index is 1.57. The Kier molecular flexibility index (Phi) is 5.05. The van der Waals surface area contributed by atoms with Gasteiger partial charge in [0.1, 0.15) is 0 Å². The molecule has 0 heterocycles. The molecule has 0 amide bonds. The molecule has 0 aliphatic heterocycles. The van der Waals surface area contributed by atoms with Gasteiger partial charge < -0.3 is 5.73 Å². The van der Waals surface area contributed by atoms with Gasteiger partial charge in [-0.2, -0.15) is 5.26 Å². The van der Waals surface area contributed by atoms with E-state index in [0.717, 1.165) is 0 Å². The molecule has 6 aromatic rings. The summed E-state index contributed by atoms with van der Waals surface area (Å²) in [6, 6.07) is 44.7. The Morgan fingerprint density at radius 3 is 1.98 bits per heavy atom. The predicted molar refractivity (Wildman–Crippen MR) is 168 cm³/mol. The topological polar surface area (TPSA) is 49.8 Å². The number of nitriles is 1. The maximum absolute atomic E-state index is 9.68. The predicted octanol–water partition coefficient (Wildman–Crippen LogP) is 8.80. The summed E-state index contributed by atoms with van der Waals surface area (Å²) in [5.74, 6) is 0. The summed E-state index contributed by atoms with van der Waals surface area (Å²) in [6.45, 7) is 0. The lowest BCUT2D eigenvalue weighted by Gasteiger charge is -2.31. The van der Waals surface area contributed by atoms with E-state index in [1.54, 1.807) is 6.08 Å². The van der Waals surface area contributed by atoms with E-state index in [1.165, 1.54) is 77.8 Å². The van der Waals surface area contributed by atoms with Crippen LogP contribution in [0.4, 0.5) is 0 Å². The highest BCUT2D eigenvalue weighted by Crippen LogP contribution is 2.64. The van der Waals surface area contributed by atoms with Crippen LogP contribution in [0, 0.1) is 11.3 Å².